The molecule has 1 fully saturated rings. The molecule has 1 aromatic carbocycles. The number of ether oxygens (including phenoxy) is 1. The van der Waals surface area contributed by atoms with Crippen LogP contribution in [0.3, 0.4) is 0 Å². The summed E-state index contributed by atoms with van der Waals surface area (Å²) in [6.45, 7) is 2.65. The van der Waals surface area contributed by atoms with Crippen molar-refractivity contribution in [2.24, 2.45) is 0 Å². The Morgan fingerprint density at radius 2 is 2.21 bits per heavy atom. The first-order valence-corrected chi connectivity index (χ1v) is 7.63. The van der Waals surface area contributed by atoms with Crippen molar-refractivity contribution in [3.63, 3.8) is 0 Å². The molecule has 1 aliphatic rings. The Hall–Kier alpha value is -1.04. The summed E-state index contributed by atoms with van der Waals surface area (Å²) in [6, 6.07) is 8.29. The first-order valence-electron chi connectivity index (χ1n) is 6.41. The van der Waals surface area contributed by atoms with E-state index >= 15 is 0 Å². The second-order valence-electron chi connectivity index (χ2n) is 4.61. The lowest BCUT2D eigenvalue weighted by Crippen LogP contribution is -2.48. The van der Waals surface area contributed by atoms with Crippen LogP contribution in [0.4, 0.5) is 0 Å². The molecule has 1 N–H and O–H groups in total. The van der Waals surface area contributed by atoms with E-state index in [0.29, 0.717) is 19.7 Å². The molecule has 0 aromatic heterocycles. The van der Waals surface area contributed by atoms with Gasteiger partial charge in [0.15, 0.2) is 0 Å². The number of nitrogens with one attached hydrogen (secondary N) is 1. The molecule has 4 nitrogen and oxygen atoms in total. The summed E-state index contributed by atoms with van der Waals surface area (Å²) in [5.41, 5.74) is 1.14. The molecule has 1 aliphatic heterocycles. The summed E-state index contributed by atoms with van der Waals surface area (Å²) in [6.07, 6.45) is 1.71. The van der Waals surface area contributed by atoms with E-state index in [4.69, 9.17) is 4.74 Å². The van der Waals surface area contributed by atoms with Gasteiger partial charge in [0.2, 0.25) is 0 Å². The van der Waals surface area contributed by atoms with E-state index in [0.717, 1.165) is 12.1 Å². The molecule has 2 rings (SSSR count). The molecule has 1 amide bonds. The van der Waals surface area contributed by atoms with Gasteiger partial charge in [-0.15, -0.1) is 11.8 Å². The maximum absolute atomic E-state index is 12.2. The van der Waals surface area contributed by atoms with Gasteiger partial charge < -0.3 is 15.0 Å². The van der Waals surface area contributed by atoms with Crippen LogP contribution >= 0.6 is 11.8 Å². The minimum absolute atomic E-state index is 0.0427. The smallest absolute Gasteiger partial charge is 0.253 e. The SMILES string of the molecule is CSc1ccc(CN(C)C(=O)C2CNCCO2)cc1. The zero-order chi connectivity index (χ0) is 13.7. The van der Waals surface area contributed by atoms with Crippen molar-refractivity contribution in [1.29, 1.82) is 0 Å². The molecule has 0 radical (unpaired) electrons. The van der Waals surface area contributed by atoms with Crippen LogP contribution in [0.5, 0.6) is 0 Å². The minimum Gasteiger partial charge on any atom is -0.366 e. The molecular weight excluding hydrogens is 260 g/mol. The number of rotatable bonds is 4. The molecule has 5 heteroatoms. The van der Waals surface area contributed by atoms with Gasteiger partial charge in [0.05, 0.1) is 6.61 Å². The standard InChI is InChI=1S/C14H20N2O2S/c1-16(14(17)13-9-15-7-8-18-13)10-11-3-5-12(19-2)6-4-11/h3-6,13,15H,7-10H2,1-2H3. The van der Waals surface area contributed by atoms with E-state index in [-0.39, 0.29) is 12.0 Å². The number of hydrogen-bond acceptors (Lipinski definition) is 4. The lowest BCUT2D eigenvalue weighted by Gasteiger charge is -2.27. The van der Waals surface area contributed by atoms with E-state index in [9.17, 15) is 4.79 Å². The third-order valence-corrected chi connectivity index (χ3v) is 3.90. The highest BCUT2D eigenvalue weighted by Crippen LogP contribution is 2.16. The molecule has 0 bridgehead atoms. The van der Waals surface area contributed by atoms with Crippen LogP contribution in [0.2, 0.25) is 0 Å². The number of morpholine rings is 1. The maximum atomic E-state index is 12.2. The second-order valence-corrected chi connectivity index (χ2v) is 5.49. The third kappa shape index (κ3) is 3.96. The van der Waals surface area contributed by atoms with Crippen molar-refractivity contribution in [2.75, 3.05) is 33.0 Å². The largest absolute Gasteiger partial charge is 0.366 e. The van der Waals surface area contributed by atoms with Gasteiger partial charge in [-0.3, -0.25) is 4.79 Å². The van der Waals surface area contributed by atoms with Crippen LogP contribution < -0.4 is 5.32 Å². The van der Waals surface area contributed by atoms with E-state index in [1.807, 2.05) is 7.05 Å². The lowest BCUT2D eigenvalue weighted by atomic mass is 10.2. The highest BCUT2D eigenvalue weighted by Gasteiger charge is 2.24. The fourth-order valence-electron chi connectivity index (χ4n) is 2.05. The first-order chi connectivity index (χ1) is 9.20. The average molecular weight is 280 g/mol. The van der Waals surface area contributed by atoms with Gasteiger partial charge in [0.25, 0.3) is 5.91 Å². The Bertz CT molecular complexity index is 416. The fraction of sp³-hybridized carbons (Fsp3) is 0.500. The average Bonchev–Trinajstić information content (AvgIpc) is 2.48. The molecule has 0 aliphatic carbocycles. The summed E-state index contributed by atoms with van der Waals surface area (Å²) in [5, 5.41) is 3.17. The van der Waals surface area contributed by atoms with Crippen LogP contribution in [-0.2, 0) is 16.1 Å². The Morgan fingerprint density at radius 3 is 2.79 bits per heavy atom. The summed E-state index contributed by atoms with van der Waals surface area (Å²) in [5.74, 6) is 0.0427. The van der Waals surface area contributed by atoms with Gasteiger partial charge in [-0.1, -0.05) is 12.1 Å². The number of amides is 1. The molecule has 1 heterocycles. The van der Waals surface area contributed by atoms with Crippen LogP contribution in [0.15, 0.2) is 29.2 Å². The molecule has 1 aromatic rings. The third-order valence-electron chi connectivity index (χ3n) is 3.16. The Kier molecular flexibility index (Phi) is 5.24. The molecule has 1 unspecified atom stereocenters. The molecule has 1 atom stereocenters. The van der Waals surface area contributed by atoms with Gasteiger partial charge in [-0.2, -0.15) is 0 Å². The van der Waals surface area contributed by atoms with Crippen molar-refractivity contribution < 1.29 is 9.53 Å². The number of nitrogens with zero attached hydrogens (tertiary/aromatic N) is 1. The number of benzene rings is 1. The van der Waals surface area contributed by atoms with Crippen LogP contribution in [0.25, 0.3) is 0 Å². The van der Waals surface area contributed by atoms with Crippen molar-refractivity contribution in [2.45, 2.75) is 17.5 Å². The quantitative estimate of drug-likeness (QED) is 0.846. The zero-order valence-corrected chi connectivity index (χ0v) is 12.2. The number of carbonyl (C=O) groups excluding carboxylic acids is 1. The molecule has 1 saturated heterocycles. The van der Waals surface area contributed by atoms with E-state index < -0.39 is 0 Å². The van der Waals surface area contributed by atoms with Crippen molar-refractivity contribution in [3.05, 3.63) is 29.8 Å². The maximum Gasteiger partial charge on any atom is 0.253 e. The summed E-state index contributed by atoms with van der Waals surface area (Å²) in [4.78, 5) is 15.1. The molecule has 19 heavy (non-hydrogen) atoms. The first kappa shape index (κ1) is 14.4. The van der Waals surface area contributed by atoms with Gasteiger partial charge in [0.1, 0.15) is 6.10 Å². The van der Waals surface area contributed by atoms with Crippen molar-refractivity contribution in [3.8, 4) is 0 Å². The Labute approximate surface area is 118 Å². The van der Waals surface area contributed by atoms with Gasteiger partial charge in [-0.05, 0) is 24.0 Å². The van der Waals surface area contributed by atoms with Gasteiger partial charge in [-0.25, -0.2) is 0 Å². The molecular formula is C14H20N2O2S. The summed E-state index contributed by atoms with van der Waals surface area (Å²) < 4.78 is 5.48. The Morgan fingerprint density at radius 1 is 1.47 bits per heavy atom. The number of hydrogen-bond donors (Lipinski definition) is 1. The normalized spacial score (nSPS) is 19.2. The van der Waals surface area contributed by atoms with E-state index in [1.54, 1.807) is 16.7 Å². The van der Waals surface area contributed by atoms with Gasteiger partial charge in [0, 0.05) is 31.6 Å². The molecule has 0 spiro atoms. The Balaban J connectivity index is 1.91. The minimum atomic E-state index is -0.343. The summed E-state index contributed by atoms with van der Waals surface area (Å²) >= 11 is 1.72. The van der Waals surface area contributed by atoms with E-state index in [2.05, 4.69) is 35.8 Å². The lowest BCUT2D eigenvalue weighted by molar-refractivity contribution is -0.144. The van der Waals surface area contributed by atoms with Crippen LogP contribution in [0.1, 0.15) is 5.56 Å². The number of carbonyl (C=O) groups is 1. The van der Waals surface area contributed by atoms with Crippen LogP contribution in [-0.4, -0.2) is 49.9 Å². The second kappa shape index (κ2) is 6.93. The monoisotopic (exact) mass is 280 g/mol. The number of thioether (sulfide) groups is 1. The highest BCUT2D eigenvalue weighted by molar-refractivity contribution is 7.98. The molecule has 104 valence electrons. The molecule has 0 saturated carbocycles. The predicted octanol–water partition coefficient (Wildman–Crippen LogP) is 1.36. The van der Waals surface area contributed by atoms with E-state index in [1.165, 1.54) is 4.90 Å². The van der Waals surface area contributed by atoms with Crippen LogP contribution in [0, 0.1) is 0 Å². The van der Waals surface area contributed by atoms with Crippen molar-refractivity contribution in [1.82, 2.24) is 10.2 Å². The predicted molar refractivity (Wildman–Crippen MR) is 77.3 cm³/mol. The topological polar surface area (TPSA) is 41.6 Å². The summed E-state index contributed by atoms with van der Waals surface area (Å²) in [7, 11) is 1.82. The van der Waals surface area contributed by atoms with Crippen molar-refractivity contribution >= 4 is 17.7 Å². The number of likely N-dealkylation sites (N-methyl/N-ethyl adjacent to an activating group) is 1. The van der Waals surface area contributed by atoms with Gasteiger partial charge >= 0.3 is 0 Å². The zero-order valence-electron chi connectivity index (χ0n) is 11.4. The highest BCUT2D eigenvalue weighted by atomic mass is 32.2. The fourth-order valence-corrected chi connectivity index (χ4v) is 2.46.